The van der Waals surface area contributed by atoms with Gasteiger partial charge in [0.15, 0.2) is 0 Å². The Labute approximate surface area is 170 Å². The third-order valence-electron chi connectivity index (χ3n) is 4.05. The summed E-state index contributed by atoms with van der Waals surface area (Å²) in [5, 5.41) is 9.83. The molecule has 0 radical (unpaired) electrons. The monoisotopic (exact) mass is 410 g/mol. The van der Waals surface area contributed by atoms with Crippen LogP contribution in [0, 0.1) is 0 Å². The summed E-state index contributed by atoms with van der Waals surface area (Å²) in [6, 6.07) is 13.6. The number of nitrogens with one attached hydrogen (secondary N) is 2. The minimum Gasteiger partial charge on any atom is -0.308 e. The minimum atomic E-state index is -0.402. The Bertz CT molecular complexity index is 1080. The van der Waals surface area contributed by atoms with Crippen LogP contribution >= 0.6 is 22.9 Å². The second kappa shape index (κ2) is 7.84. The second-order valence-corrected chi connectivity index (χ2v) is 7.21. The molecule has 0 unspecified atom stereocenters. The van der Waals surface area contributed by atoms with Gasteiger partial charge in [-0.2, -0.15) is 0 Å². The first kappa shape index (κ1) is 18.2. The summed E-state index contributed by atoms with van der Waals surface area (Å²) in [4.78, 5) is 30.9. The maximum Gasteiger partial charge on any atom is 0.323 e. The van der Waals surface area contributed by atoms with E-state index in [1.807, 2.05) is 16.8 Å². The summed E-state index contributed by atoms with van der Waals surface area (Å²) in [5.41, 5.74) is 3.31. The molecular weight excluding hydrogens is 396 g/mol. The van der Waals surface area contributed by atoms with Crippen molar-refractivity contribution in [1.29, 1.82) is 0 Å². The lowest BCUT2D eigenvalue weighted by atomic mass is 10.2. The summed E-state index contributed by atoms with van der Waals surface area (Å²) in [6.45, 7) is 0. The SMILES string of the molecule is O=C(Nc1cccc(Cl)c1)Nc1cccc(N2C(=O)CC=Nc3cscc32)c1. The van der Waals surface area contributed by atoms with Crippen molar-refractivity contribution in [2.75, 3.05) is 15.5 Å². The van der Waals surface area contributed by atoms with E-state index in [0.717, 1.165) is 11.4 Å². The molecule has 2 N–H and O–H groups in total. The van der Waals surface area contributed by atoms with Gasteiger partial charge in [0.25, 0.3) is 0 Å². The molecule has 0 fully saturated rings. The topological polar surface area (TPSA) is 73.8 Å². The Hall–Kier alpha value is -3.16. The lowest BCUT2D eigenvalue weighted by molar-refractivity contribution is -0.116. The predicted octanol–water partition coefficient (Wildman–Crippen LogP) is 5.82. The first-order chi connectivity index (χ1) is 13.6. The van der Waals surface area contributed by atoms with Crippen LogP contribution < -0.4 is 15.5 Å². The Kier molecular flexibility index (Phi) is 5.10. The molecule has 3 aromatic rings. The van der Waals surface area contributed by atoms with Crippen LogP contribution in [0.1, 0.15) is 6.42 Å². The van der Waals surface area contributed by atoms with Crippen LogP contribution in [0.4, 0.5) is 33.2 Å². The van der Waals surface area contributed by atoms with Crippen LogP contribution in [0.3, 0.4) is 0 Å². The Morgan fingerprint density at radius 1 is 1.07 bits per heavy atom. The number of amides is 3. The molecule has 0 atom stereocenters. The van der Waals surface area contributed by atoms with E-state index in [-0.39, 0.29) is 12.3 Å². The molecule has 8 heteroatoms. The van der Waals surface area contributed by atoms with E-state index in [1.165, 1.54) is 11.3 Å². The number of hydrogen-bond donors (Lipinski definition) is 2. The number of thiophene rings is 1. The van der Waals surface area contributed by atoms with Crippen molar-refractivity contribution in [1.82, 2.24) is 0 Å². The van der Waals surface area contributed by atoms with E-state index < -0.39 is 6.03 Å². The van der Waals surface area contributed by atoms with Crippen molar-refractivity contribution in [2.45, 2.75) is 6.42 Å². The molecule has 0 aliphatic carbocycles. The van der Waals surface area contributed by atoms with Gasteiger partial charge in [-0.1, -0.05) is 23.7 Å². The zero-order valence-electron chi connectivity index (χ0n) is 14.6. The van der Waals surface area contributed by atoms with Gasteiger partial charge in [-0.05, 0) is 36.4 Å². The molecule has 2 aromatic carbocycles. The fourth-order valence-corrected chi connectivity index (χ4v) is 3.78. The van der Waals surface area contributed by atoms with Crippen molar-refractivity contribution < 1.29 is 9.59 Å². The van der Waals surface area contributed by atoms with E-state index in [9.17, 15) is 9.59 Å². The fraction of sp³-hybridized carbons (Fsp3) is 0.0500. The molecule has 140 valence electrons. The Morgan fingerprint density at radius 3 is 2.61 bits per heavy atom. The van der Waals surface area contributed by atoms with E-state index in [2.05, 4.69) is 15.6 Å². The van der Waals surface area contributed by atoms with Gasteiger partial charge in [-0.15, -0.1) is 11.3 Å². The van der Waals surface area contributed by atoms with E-state index in [1.54, 1.807) is 53.6 Å². The minimum absolute atomic E-state index is 0.0820. The number of aliphatic imine (C=N–C) groups is 1. The smallest absolute Gasteiger partial charge is 0.308 e. The Balaban J connectivity index is 1.55. The molecule has 4 rings (SSSR count). The van der Waals surface area contributed by atoms with Crippen LogP contribution in [0.15, 0.2) is 64.3 Å². The fourth-order valence-electron chi connectivity index (χ4n) is 2.86. The predicted molar refractivity (Wildman–Crippen MR) is 115 cm³/mol. The molecule has 1 aliphatic rings. The van der Waals surface area contributed by atoms with E-state index >= 15 is 0 Å². The third-order valence-corrected chi connectivity index (χ3v) is 5.01. The number of urea groups is 1. The number of halogens is 1. The lowest BCUT2D eigenvalue weighted by Crippen LogP contribution is -2.25. The summed E-state index contributed by atoms with van der Waals surface area (Å²) >= 11 is 7.42. The molecule has 0 saturated heterocycles. The molecule has 1 aromatic heterocycles. The van der Waals surface area contributed by atoms with Gasteiger partial charge in [0.05, 0.1) is 23.5 Å². The van der Waals surface area contributed by atoms with Crippen LogP contribution in [0.2, 0.25) is 5.02 Å². The summed E-state index contributed by atoms with van der Waals surface area (Å²) in [6.07, 6.45) is 1.83. The second-order valence-electron chi connectivity index (χ2n) is 6.03. The average Bonchev–Trinajstić information content (AvgIpc) is 3.04. The maximum absolute atomic E-state index is 12.6. The molecular formula is C20H15ClN4O2S. The van der Waals surface area contributed by atoms with Gasteiger partial charge in [0.1, 0.15) is 0 Å². The first-order valence-corrected chi connectivity index (χ1v) is 9.77. The summed E-state index contributed by atoms with van der Waals surface area (Å²) < 4.78 is 0. The molecule has 0 spiro atoms. The van der Waals surface area contributed by atoms with Crippen LogP contribution in [0.5, 0.6) is 0 Å². The van der Waals surface area contributed by atoms with E-state index in [4.69, 9.17) is 11.6 Å². The highest BCUT2D eigenvalue weighted by atomic mass is 35.5. The van der Waals surface area contributed by atoms with Gasteiger partial charge in [-0.3, -0.25) is 14.7 Å². The summed E-state index contributed by atoms with van der Waals surface area (Å²) in [5.74, 6) is -0.0820. The van der Waals surface area contributed by atoms with Crippen molar-refractivity contribution in [3.63, 3.8) is 0 Å². The highest BCUT2D eigenvalue weighted by molar-refractivity contribution is 7.09. The first-order valence-electron chi connectivity index (χ1n) is 8.45. The molecule has 6 nitrogen and oxygen atoms in total. The quantitative estimate of drug-likeness (QED) is 0.571. The average molecular weight is 411 g/mol. The largest absolute Gasteiger partial charge is 0.323 e. The number of carbonyl (C=O) groups excluding carboxylic acids is 2. The van der Waals surface area contributed by atoms with Crippen molar-refractivity contribution in [2.24, 2.45) is 4.99 Å². The number of benzene rings is 2. The van der Waals surface area contributed by atoms with Gasteiger partial charge >= 0.3 is 6.03 Å². The zero-order valence-corrected chi connectivity index (χ0v) is 16.1. The highest BCUT2D eigenvalue weighted by Crippen LogP contribution is 2.39. The number of anilines is 4. The normalized spacial score (nSPS) is 13.0. The third kappa shape index (κ3) is 3.90. The number of nitrogens with zero attached hydrogens (tertiary/aromatic N) is 2. The summed E-state index contributed by atoms with van der Waals surface area (Å²) in [7, 11) is 0. The van der Waals surface area contributed by atoms with Crippen LogP contribution in [0.25, 0.3) is 0 Å². The number of fused-ring (bicyclic) bond motifs is 1. The van der Waals surface area contributed by atoms with Gasteiger partial charge < -0.3 is 10.6 Å². The van der Waals surface area contributed by atoms with Gasteiger partial charge in [0, 0.05) is 33.4 Å². The molecule has 2 heterocycles. The molecule has 0 bridgehead atoms. The van der Waals surface area contributed by atoms with Crippen LogP contribution in [-0.4, -0.2) is 18.2 Å². The number of hydrogen-bond acceptors (Lipinski definition) is 4. The van der Waals surface area contributed by atoms with Crippen molar-refractivity contribution in [3.8, 4) is 0 Å². The van der Waals surface area contributed by atoms with Crippen molar-refractivity contribution in [3.05, 3.63) is 64.3 Å². The van der Waals surface area contributed by atoms with Crippen molar-refractivity contribution >= 4 is 69.5 Å². The van der Waals surface area contributed by atoms with Crippen LogP contribution in [-0.2, 0) is 4.79 Å². The highest BCUT2D eigenvalue weighted by Gasteiger charge is 2.23. The Morgan fingerprint density at radius 2 is 1.82 bits per heavy atom. The zero-order chi connectivity index (χ0) is 19.5. The number of carbonyl (C=O) groups is 2. The van der Waals surface area contributed by atoms with Gasteiger partial charge in [-0.25, -0.2) is 4.79 Å². The molecule has 28 heavy (non-hydrogen) atoms. The standard InChI is InChI=1S/C20H15ClN4O2S/c21-13-3-1-4-14(9-13)23-20(27)24-15-5-2-6-16(10-15)25-18-12-28-11-17(18)22-8-7-19(25)26/h1-6,8-12H,7H2,(H2,23,24,27). The van der Waals surface area contributed by atoms with E-state index in [0.29, 0.717) is 22.1 Å². The lowest BCUT2D eigenvalue weighted by Gasteiger charge is -2.21. The molecule has 0 saturated carbocycles. The molecule has 1 aliphatic heterocycles. The molecule has 3 amide bonds. The maximum atomic E-state index is 12.6. The van der Waals surface area contributed by atoms with Gasteiger partial charge in [0.2, 0.25) is 5.91 Å². The number of rotatable bonds is 3.